The lowest BCUT2D eigenvalue weighted by atomic mass is 9.92. The first kappa shape index (κ1) is 27.7. The fourth-order valence-corrected chi connectivity index (χ4v) is 3.88. The molecule has 1 aliphatic rings. The maximum atomic E-state index is 12.4. The maximum Gasteiger partial charge on any atom is 0.326 e. The standard InChI is InChI=1S/C23H34N2O9/c1-13(10-14-6-4-3-5-7-14)25(2)12-17-21(30)22(31)20(29)16(34-17)11-18(26)24-15(23(32)33)8-9-19(27)28/h3-7,13,15-17,20-22,29-31H,8-12H2,1-2H3,(H,24,26)(H,27,28)(H,32,33)/t13-,15-,16?,17?,20?,21?,22?/m0/s1. The number of hydrogen-bond acceptors (Lipinski definition) is 8. The number of aliphatic hydroxyl groups excluding tert-OH is 3. The number of aliphatic carboxylic acids is 2. The summed E-state index contributed by atoms with van der Waals surface area (Å²) in [6, 6.07) is 8.48. The van der Waals surface area contributed by atoms with Gasteiger partial charge in [0, 0.05) is 19.0 Å². The third-order valence-electron chi connectivity index (χ3n) is 6.07. The number of hydrogen-bond donors (Lipinski definition) is 6. The highest BCUT2D eigenvalue weighted by Gasteiger charge is 2.44. The van der Waals surface area contributed by atoms with Gasteiger partial charge in [0.05, 0.1) is 18.6 Å². The lowest BCUT2D eigenvalue weighted by Crippen LogP contribution is -2.61. The molecule has 2 rings (SSSR count). The second kappa shape index (κ2) is 12.8. The van der Waals surface area contributed by atoms with Gasteiger partial charge in [0.2, 0.25) is 5.91 Å². The summed E-state index contributed by atoms with van der Waals surface area (Å²) in [5, 5.41) is 51.2. The number of nitrogens with zero attached hydrogens (tertiary/aromatic N) is 1. The molecule has 11 nitrogen and oxygen atoms in total. The molecule has 1 heterocycles. The van der Waals surface area contributed by atoms with Gasteiger partial charge >= 0.3 is 11.9 Å². The highest BCUT2D eigenvalue weighted by molar-refractivity contribution is 5.84. The van der Waals surface area contributed by atoms with Crippen LogP contribution in [0.15, 0.2) is 30.3 Å². The van der Waals surface area contributed by atoms with E-state index in [1.807, 2.05) is 49.2 Å². The summed E-state index contributed by atoms with van der Waals surface area (Å²) in [7, 11) is 1.84. The van der Waals surface area contributed by atoms with Gasteiger partial charge < -0.3 is 40.5 Å². The summed E-state index contributed by atoms with van der Waals surface area (Å²) in [5.74, 6) is -3.37. The molecule has 1 aromatic carbocycles. The number of likely N-dealkylation sites (N-methyl/N-ethyl adjacent to an activating group) is 1. The number of carbonyl (C=O) groups is 3. The van der Waals surface area contributed by atoms with Crippen LogP contribution in [0.1, 0.15) is 31.7 Å². The fraction of sp³-hybridized carbons (Fsp3) is 0.609. The minimum atomic E-state index is -1.56. The first-order valence-corrected chi connectivity index (χ1v) is 11.2. The van der Waals surface area contributed by atoms with Crippen LogP contribution in [0, 0.1) is 0 Å². The average molecular weight is 483 g/mol. The number of carboxylic acids is 2. The summed E-state index contributed by atoms with van der Waals surface area (Å²) >= 11 is 0. The van der Waals surface area contributed by atoms with Crippen molar-refractivity contribution < 1.29 is 44.7 Å². The van der Waals surface area contributed by atoms with Crippen molar-refractivity contribution in [2.24, 2.45) is 0 Å². The number of nitrogens with one attached hydrogen (secondary N) is 1. The third kappa shape index (κ3) is 8.03. The molecular formula is C23H34N2O9. The van der Waals surface area contributed by atoms with Gasteiger partial charge in [-0.15, -0.1) is 0 Å². The zero-order chi connectivity index (χ0) is 25.4. The van der Waals surface area contributed by atoms with Crippen LogP contribution in [0.2, 0.25) is 0 Å². The van der Waals surface area contributed by atoms with E-state index in [0.717, 1.165) is 12.0 Å². The molecule has 1 saturated heterocycles. The molecule has 1 aromatic rings. The summed E-state index contributed by atoms with van der Waals surface area (Å²) in [6.07, 6.45) is -7.08. The normalized spacial score (nSPS) is 26.6. The Hall–Kier alpha value is -2.57. The highest BCUT2D eigenvalue weighted by Crippen LogP contribution is 2.24. The molecule has 1 aliphatic heterocycles. The van der Waals surface area contributed by atoms with Crippen molar-refractivity contribution >= 4 is 17.8 Å². The van der Waals surface area contributed by atoms with Gasteiger partial charge in [0.15, 0.2) is 0 Å². The van der Waals surface area contributed by atoms with Gasteiger partial charge in [-0.2, -0.15) is 0 Å². The van der Waals surface area contributed by atoms with E-state index in [9.17, 15) is 34.8 Å². The van der Waals surface area contributed by atoms with Crippen LogP contribution < -0.4 is 5.32 Å². The number of ether oxygens (including phenoxy) is 1. The van der Waals surface area contributed by atoms with Crippen LogP contribution in [0.5, 0.6) is 0 Å². The minimum absolute atomic E-state index is 0.0644. The smallest absolute Gasteiger partial charge is 0.326 e. The van der Waals surface area contributed by atoms with Gasteiger partial charge in [0.1, 0.15) is 24.4 Å². The van der Waals surface area contributed by atoms with Crippen molar-refractivity contribution in [3.8, 4) is 0 Å². The summed E-state index contributed by atoms with van der Waals surface area (Å²) in [5.41, 5.74) is 1.13. The Bertz CT molecular complexity index is 822. The van der Waals surface area contributed by atoms with E-state index in [4.69, 9.17) is 9.84 Å². The molecule has 7 atom stereocenters. The lowest BCUT2D eigenvalue weighted by Gasteiger charge is -2.42. The number of carboxylic acid groups (broad SMARTS) is 2. The summed E-state index contributed by atoms with van der Waals surface area (Å²) in [4.78, 5) is 36.3. The summed E-state index contributed by atoms with van der Waals surface area (Å²) < 4.78 is 5.76. The molecule has 0 spiro atoms. The van der Waals surface area contributed by atoms with Crippen molar-refractivity contribution in [2.75, 3.05) is 13.6 Å². The van der Waals surface area contributed by atoms with E-state index in [2.05, 4.69) is 5.32 Å². The fourth-order valence-electron chi connectivity index (χ4n) is 3.88. The molecule has 0 aliphatic carbocycles. The number of rotatable bonds is 12. The van der Waals surface area contributed by atoms with Gasteiger partial charge in [0.25, 0.3) is 0 Å². The Morgan fingerprint density at radius 3 is 2.24 bits per heavy atom. The Balaban J connectivity index is 1.98. The van der Waals surface area contributed by atoms with Gasteiger partial charge in [-0.05, 0) is 32.4 Å². The second-order valence-corrected chi connectivity index (χ2v) is 8.76. The molecule has 0 aromatic heterocycles. The predicted octanol–water partition coefficient (Wildman–Crippen LogP) is -0.776. The molecule has 34 heavy (non-hydrogen) atoms. The Kier molecular flexibility index (Phi) is 10.4. The van der Waals surface area contributed by atoms with Crippen LogP contribution in [0.25, 0.3) is 0 Å². The summed E-state index contributed by atoms with van der Waals surface area (Å²) in [6.45, 7) is 2.22. The molecule has 0 radical (unpaired) electrons. The average Bonchev–Trinajstić information content (AvgIpc) is 2.78. The Morgan fingerprint density at radius 1 is 1.03 bits per heavy atom. The van der Waals surface area contributed by atoms with Crippen LogP contribution in [-0.2, 0) is 25.5 Å². The van der Waals surface area contributed by atoms with Crippen LogP contribution in [-0.4, -0.2) is 104 Å². The maximum absolute atomic E-state index is 12.4. The van der Waals surface area contributed by atoms with E-state index in [-0.39, 0.29) is 19.0 Å². The first-order valence-electron chi connectivity index (χ1n) is 11.2. The van der Waals surface area contributed by atoms with E-state index in [1.165, 1.54) is 0 Å². The van der Waals surface area contributed by atoms with Crippen LogP contribution in [0.3, 0.4) is 0 Å². The molecule has 6 N–H and O–H groups in total. The largest absolute Gasteiger partial charge is 0.481 e. The van der Waals surface area contributed by atoms with Gasteiger partial charge in [-0.25, -0.2) is 4.79 Å². The zero-order valence-electron chi connectivity index (χ0n) is 19.3. The van der Waals surface area contributed by atoms with E-state index < -0.39 is 67.2 Å². The van der Waals surface area contributed by atoms with Crippen LogP contribution >= 0.6 is 0 Å². The predicted molar refractivity (Wildman–Crippen MR) is 120 cm³/mol. The van der Waals surface area contributed by atoms with E-state index in [1.54, 1.807) is 0 Å². The van der Waals surface area contributed by atoms with E-state index in [0.29, 0.717) is 0 Å². The minimum Gasteiger partial charge on any atom is -0.481 e. The first-order chi connectivity index (χ1) is 16.0. The molecule has 1 amide bonds. The highest BCUT2D eigenvalue weighted by atomic mass is 16.5. The van der Waals surface area contributed by atoms with Crippen molar-refractivity contribution in [3.05, 3.63) is 35.9 Å². The van der Waals surface area contributed by atoms with Gasteiger partial charge in [-0.1, -0.05) is 30.3 Å². The third-order valence-corrected chi connectivity index (χ3v) is 6.07. The monoisotopic (exact) mass is 482 g/mol. The zero-order valence-corrected chi connectivity index (χ0v) is 19.3. The van der Waals surface area contributed by atoms with Crippen molar-refractivity contribution in [2.45, 2.75) is 75.2 Å². The molecule has 0 saturated carbocycles. The van der Waals surface area contributed by atoms with Crippen molar-refractivity contribution in [3.63, 3.8) is 0 Å². The number of amides is 1. The molecule has 190 valence electrons. The quantitative estimate of drug-likeness (QED) is 0.222. The Labute approximate surface area is 198 Å². The topological polar surface area (TPSA) is 177 Å². The SMILES string of the molecule is C[C@@H](Cc1ccccc1)N(C)CC1OC(CC(=O)N[C@@H](CCC(=O)O)C(=O)O)C(O)C(O)C1O. The molecule has 1 fully saturated rings. The molecular weight excluding hydrogens is 448 g/mol. The molecule has 0 bridgehead atoms. The molecule has 5 unspecified atom stereocenters. The number of aliphatic hydroxyl groups is 3. The van der Waals surface area contributed by atoms with Gasteiger partial charge in [-0.3, -0.25) is 9.59 Å². The van der Waals surface area contributed by atoms with Crippen molar-refractivity contribution in [1.29, 1.82) is 0 Å². The molecule has 11 heteroatoms. The van der Waals surface area contributed by atoms with Crippen LogP contribution in [0.4, 0.5) is 0 Å². The lowest BCUT2D eigenvalue weighted by molar-refractivity contribution is -0.226. The van der Waals surface area contributed by atoms with E-state index >= 15 is 0 Å². The van der Waals surface area contributed by atoms with Crippen molar-refractivity contribution in [1.82, 2.24) is 10.2 Å². The number of benzene rings is 1. The second-order valence-electron chi connectivity index (χ2n) is 8.76. The Morgan fingerprint density at radius 2 is 1.65 bits per heavy atom. The number of carbonyl (C=O) groups excluding carboxylic acids is 1.